The van der Waals surface area contributed by atoms with Crippen molar-refractivity contribution >= 4 is 22.5 Å². The second kappa shape index (κ2) is 9.14. The fraction of sp³-hybridized carbons (Fsp3) is 0.273. The lowest BCUT2D eigenvalue weighted by Gasteiger charge is -2.19. The zero-order valence-electron chi connectivity index (χ0n) is 15.8. The third-order valence-corrected chi connectivity index (χ3v) is 4.53. The van der Waals surface area contributed by atoms with Crippen LogP contribution in [0, 0.1) is 0 Å². The first-order valence-corrected chi connectivity index (χ1v) is 9.32. The van der Waals surface area contributed by atoms with Crippen molar-refractivity contribution in [1.29, 1.82) is 0 Å². The van der Waals surface area contributed by atoms with Crippen LogP contribution in [0.5, 0.6) is 5.75 Å². The van der Waals surface area contributed by atoms with E-state index in [-0.39, 0.29) is 5.91 Å². The number of pyridine rings is 1. The predicted molar refractivity (Wildman–Crippen MR) is 109 cm³/mol. The molecule has 0 saturated heterocycles. The summed E-state index contributed by atoms with van der Waals surface area (Å²) in [4.78, 5) is 19.4. The maximum atomic E-state index is 12.6. The van der Waals surface area contributed by atoms with Crippen LogP contribution in [-0.2, 0) is 0 Å². The van der Waals surface area contributed by atoms with Gasteiger partial charge in [0.15, 0.2) is 0 Å². The van der Waals surface area contributed by atoms with E-state index in [1.807, 2.05) is 54.6 Å². The summed E-state index contributed by atoms with van der Waals surface area (Å²) in [7, 11) is 0. The van der Waals surface area contributed by atoms with Crippen LogP contribution in [0.3, 0.4) is 0 Å². The molecule has 0 saturated carbocycles. The van der Waals surface area contributed by atoms with Crippen LogP contribution in [0.15, 0.2) is 60.7 Å². The van der Waals surface area contributed by atoms with Crippen LogP contribution in [0.1, 0.15) is 24.3 Å². The summed E-state index contributed by atoms with van der Waals surface area (Å²) in [6, 6.07) is 18.9. The fourth-order valence-electron chi connectivity index (χ4n) is 2.90. The van der Waals surface area contributed by atoms with Gasteiger partial charge in [0.2, 0.25) is 0 Å². The second-order valence-electron chi connectivity index (χ2n) is 6.21. The minimum atomic E-state index is -0.249. The Bertz CT molecular complexity index is 907. The largest absolute Gasteiger partial charge is 0.490 e. The van der Waals surface area contributed by atoms with Gasteiger partial charge in [0.1, 0.15) is 18.1 Å². The first-order chi connectivity index (χ1) is 13.2. The SMILES string of the molecule is CCN(CC)CCOc1ccccc1NC(=O)c1ccc2ccccc2n1. The van der Waals surface area contributed by atoms with Crippen LogP contribution < -0.4 is 10.1 Å². The Hall–Kier alpha value is -2.92. The summed E-state index contributed by atoms with van der Waals surface area (Å²) >= 11 is 0. The standard InChI is InChI=1S/C22H25N3O2/c1-3-25(4-2)15-16-27-21-12-8-7-11-19(21)24-22(26)20-14-13-17-9-5-6-10-18(17)23-20/h5-14H,3-4,15-16H2,1-2H3,(H,24,26). The van der Waals surface area contributed by atoms with Crippen LogP contribution in [0.2, 0.25) is 0 Å². The highest BCUT2D eigenvalue weighted by atomic mass is 16.5. The van der Waals surface area contributed by atoms with E-state index in [1.165, 1.54) is 0 Å². The molecule has 0 unspecified atom stereocenters. The number of aromatic nitrogens is 1. The predicted octanol–water partition coefficient (Wildman–Crippen LogP) is 4.21. The number of carbonyl (C=O) groups excluding carboxylic acids is 1. The van der Waals surface area contributed by atoms with Crippen molar-refractivity contribution in [1.82, 2.24) is 9.88 Å². The number of carbonyl (C=O) groups is 1. The number of para-hydroxylation sites is 3. The van der Waals surface area contributed by atoms with E-state index in [0.717, 1.165) is 30.5 Å². The zero-order valence-corrected chi connectivity index (χ0v) is 15.8. The number of benzene rings is 2. The van der Waals surface area contributed by atoms with Crippen molar-refractivity contribution in [3.8, 4) is 5.75 Å². The number of fused-ring (bicyclic) bond motifs is 1. The van der Waals surface area contributed by atoms with Gasteiger partial charge in [0, 0.05) is 11.9 Å². The van der Waals surface area contributed by atoms with Gasteiger partial charge < -0.3 is 15.0 Å². The summed E-state index contributed by atoms with van der Waals surface area (Å²) in [5, 5.41) is 3.93. The first-order valence-electron chi connectivity index (χ1n) is 9.32. The number of likely N-dealkylation sites (N-methyl/N-ethyl adjacent to an activating group) is 1. The Morgan fingerprint density at radius 2 is 1.74 bits per heavy atom. The quantitative estimate of drug-likeness (QED) is 0.651. The van der Waals surface area contributed by atoms with Crippen molar-refractivity contribution in [3.05, 3.63) is 66.4 Å². The lowest BCUT2D eigenvalue weighted by Crippen LogP contribution is -2.28. The Morgan fingerprint density at radius 3 is 2.56 bits per heavy atom. The summed E-state index contributed by atoms with van der Waals surface area (Å²) in [5.74, 6) is 0.416. The van der Waals surface area contributed by atoms with Gasteiger partial charge in [-0.15, -0.1) is 0 Å². The number of anilines is 1. The van der Waals surface area contributed by atoms with Gasteiger partial charge in [-0.2, -0.15) is 0 Å². The second-order valence-corrected chi connectivity index (χ2v) is 6.21. The highest BCUT2D eigenvalue weighted by Crippen LogP contribution is 2.24. The Kier molecular flexibility index (Phi) is 6.39. The molecule has 0 spiro atoms. The smallest absolute Gasteiger partial charge is 0.274 e. The molecular formula is C22H25N3O2. The summed E-state index contributed by atoms with van der Waals surface area (Å²) in [5.41, 5.74) is 1.83. The topological polar surface area (TPSA) is 54.5 Å². The van der Waals surface area contributed by atoms with E-state index in [1.54, 1.807) is 6.07 Å². The monoisotopic (exact) mass is 363 g/mol. The molecule has 27 heavy (non-hydrogen) atoms. The van der Waals surface area contributed by atoms with Crippen molar-refractivity contribution in [2.75, 3.05) is 31.6 Å². The van der Waals surface area contributed by atoms with Gasteiger partial charge in [-0.1, -0.05) is 50.2 Å². The minimum Gasteiger partial charge on any atom is -0.490 e. The molecule has 140 valence electrons. The molecule has 0 fully saturated rings. The van der Waals surface area contributed by atoms with Gasteiger partial charge in [-0.05, 0) is 37.4 Å². The third-order valence-electron chi connectivity index (χ3n) is 4.53. The van der Waals surface area contributed by atoms with Crippen molar-refractivity contribution < 1.29 is 9.53 Å². The van der Waals surface area contributed by atoms with Crippen molar-refractivity contribution in [2.24, 2.45) is 0 Å². The molecule has 1 heterocycles. The van der Waals surface area contributed by atoms with Gasteiger partial charge in [-0.3, -0.25) is 4.79 Å². The third kappa shape index (κ3) is 4.83. The molecule has 3 aromatic rings. The first kappa shape index (κ1) is 18.9. The van der Waals surface area contributed by atoms with E-state index in [4.69, 9.17) is 4.74 Å². The Labute approximate surface area is 160 Å². The molecule has 0 aliphatic heterocycles. The summed E-state index contributed by atoms with van der Waals surface area (Å²) in [6.07, 6.45) is 0. The average Bonchev–Trinajstić information content (AvgIpc) is 2.72. The van der Waals surface area contributed by atoms with E-state index in [0.29, 0.717) is 23.7 Å². The molecule has 3 rings (SSSR count). The van der Waals surface area contributed by atoms with E-state index in [2.05, 4.69) is 29.0 Å². The van der Waals surface area contributed by atoms with Crippen LogP contribution in [-0.4, -0.2) is 42.0 Å². The number of nitrogens with zero attached hydrogens (tertiary/aromatic N) is 2. The number of hydrogen-bond donors (Lipinski definition) is 1. The van der Waals surface area contributed by atoms with E-state index in [9.17, 15) is 4.79 Å². The zero-order chi connectivity index (χ0) is 19.1. The summed E-state index contributed by atoms with van der Waals surface area (Å²) in [6.45, 7) is 7.67. The van der Waals surface area contributed by atoms with Gasteiger partial charge >= 0.3 is 0 Å². The molecule has 1 N–H and O–H groups in total. The fourth-order valence-corrected chi connectivity index (χ4v) is 2.90. The molecular weight excluding hydrogens is 338 g/mol. The molecule has 5 nitrogen and oxygen atoms in total. The normalized spacial score (nSPS) is 10.9. The molecule has 0 aliphatic carbocycles. The molecule has 5 heteroatoms. The number of ether oxygens (including phenoxy) is 1. The molecule has 0 aliphatic rings. The van der Waals surface area contributed by atoms with Crippen LogP contribution >= 0.6 is 0 Å². The number of rotatable bonds is 8. The Morgan fingerprint density at radius 1 is 1.00 bits per heavy atom. The number of hydrogen-bond acceptors (Lipinski definition) is 4. The molecule has 0 bridgehead atoms. The molecule has 1 amide bonds. The molecule has 2 aromatic carbocycles. The maximum absolute atomic E-state index is 12.6. The van der Waals surface area contributed by atoms with Crippen molar-refractivity contribution in [3.63, 3.8) is 0 Å². The molecule has 0 atom stereocenters. The van der Waals surface area contributed by atoms with Gasteiger partial charge in [0.25, 0.3) is 5.91 Å². The Balaban J connectivity index is 1.70. The average molecular weight is 363 g/mol. The highest BCUT2D eigenvalue weighted by molar-refractivity contribution is 6.04. The summed E-state index contributed by atoms with van der Waals surface area (Å²) < 4.78 is 5.90. The van der Waals surface area contributed by atoms with E-state index < -0.39 is 0 Å². The van der Waals surface area contributed by atoms with Gasteiger partial charge in [-0.25, -0.2) is 4.98 Å². The van der Waals surface area contributed by atoms with Crippen LogP contribution in [0.25, 0.3) is 10.9 Å². The number of nitrogens with one attached hydrogen (secondary N) is 1. The minimum absolute atomic E-state index is 0.249. The van der Waals surface area contributed by atoms with E-state index >= 15 is 0 Å². The van der Waals surface area contributed by atoms with Crippen molar-refractivity contribution in [2.45, 2.75) is 13.8 Å². The maximum Gasteiger partial charge on any atom is 0.274 e. The van der Waals surface area contributed by atoms with Crippen LogP contribution in [0.4, 0.5) is 5.69 Å². The molecule has 0 radical (unpaired) electrons. The lowest BCUT2D eigenvalue weighted by molar-refractivity contribution is 0.102. The number of amides is 1. The van der Waals surface area contributed by atoms with Gasteiger partial charge in [0.05, 0.1) is 11.2 Å². The lowest BCUT2D eigenvalue weighted by atomic mass is 10.2. The molecule has 1 aromatic heterocycles. The highest BCUT2D eigenvalue weighted by Gasteiger charge is 2.12.